The average Bonchev–Trinajstić information content (AvgIpc) is 2.88. The van der Waals surface area contributed by atoms with E-state index in [1.807, 2.05) is 18.0 Å². The third-order valence-electron chi connectivity index (χ3n) is 6.68. The maximum Gasteiger partial charge on any atom is 0.270 e. The molecule has 1 aromatic rings. The number of piperazine rings is 1. The van der Waals surface area contributed by atoms with Crippen LogP contribution in [0.4, 0.5) is 5.82 Å². The molecule has 4 rings (SSSR count). The van der Waals surface area contributed by atoms with Gasteiger partial charge in [-0.1, -0.05) is 36.2 Å². The van der Waals surface area contributed by atoms with Crippen LogP contribution in [-0.2, 0) is 9.53 Å². The first-order valence-electron chi connectivity index (χ1n) is 11.8. The van der Waals surface area contributed by atoms with Crippen LogP contribution in [0.3, 0.4) is 0 Å². The van der Waals surface area contributed by atoms with Gasteiger partial charge in [0.15, 0.2) is 0 Å². The van der Waals surface area contributed by atoms with E-state index in [9.17, 15) is 4.79 Å². The van der Waals surface area contributed by atoms with Gasteiger partial charge in [-0.3, -0.25) is 14.9 Å². The minimum Gasteiger partial charge on any atom is -0.383 e. The molecule has 2 aliphatic heterocycles. The Morgan fingerprint density at radius 2 is 2.06 bits per heavy atom. The topological polar surface area (TPSA) is 81.2 Å². The fourth-order valence-electron chi connectivity index (χ4n) is 4.60. The molecule has 1 amide bonds. The number of allylic oxidation sites excluding steroid dienone is 1. The summed E-state index contributed by atoms with van der Waals surface area (Å²) in [6.45, 7) is 7.48. The van der Waals surface area contributed by atoms with Gasteiger partial charge in [-0.2, -0.15) is 0 Å². The Hall–Kier alpha value is -1.91. The number of methoxy groups -OCH3 is 1. The number of nitrogens with one attached hydrogen (secondary N) is 1. The zero-order valence-electron chi connectivity index (χ0n) is 19.4. The maximum atomic E-state index is 11.5. The number of anilines is 1. The van der Waals surface area contributed by atoms with Crippen molar-refractivity contribution >= 4 is 23.7 Å². The van der Waals surface area contributed by atoms with Crippen LogP contribution in [0.25, 0.3) is 0 Å². The summed E-state index contributed by atoms with van der Waals surface area (Å²) in [4.78, 5) is 21.1. The number of ether oxygens (including phenoxy) is 1. The molecule has 3 heterocycles. The number of hydrogen-bond acceptors (Lipinski definition) is 8. The van der Waals surface area contributed by atoms with Crippen molar-refractivity contribution in [3.63, 3.8) is 0 Å². The minimum absolute atomic E-state index is 0.385. The van der Waals surface area contributed by atoms with Gasteiger partial charge in [-0.25, -0.2) is 14.8 Å². The Kier molecular flexibility index (Phi) is 8.80. The number of rotatable bonds is 8. The van der Waals surface area contributed by atoms with Gasteiger partial charge in [0.05, 0.1) is 6.61 Å². The Bertz CT molecular complexity index is 839. The fourth-order valence-corrected chi connectivity index (χ4v) is 5.74. The predicted molar refractivity (Wildman–Crippen MR) is 131 cm³/mol. The minimum atomic E-state index is -0.385. The molecule has 2 unspecified atom stereocenters. The molecule has 0 saturated carbocycles. The van der Waals surface area contributed by atoms with Gasteiger partial charge >= 0.3 is 0 Å². The first-order valence-corrected chi connectivity index (χ1v) is 12.7. The molecule has 2 atom stereocenters. The number of amides is 1. The number of carbonyl (C=O) groups is 1. The third kappa shape index (κ3) is 6.58. The molecule has 0 bridgehead atoms. The second-order valence-corrected chi connectivity index (χ2v) is 10.1. The van der Waals surface area contributed by atoms with E-state index in [1.54, 1.807) is 12.6 Å². The smallest absolute Gasteiger partial charge is 0.270 e. The monoisotopic (exact) mass is 473 g/mol. The molecule has 8 nitrogen and oxygen atoms in total. The van der Waals surface area contributed by atoms with Crippen LogP contribution in [0.5, 0.6) is 0 Å². The highest BCUT2D eigenvalue weighted by atomic mass is 32.2. The highest BCUT2D eigenvalue weighted by Gasteiger charge is 2.23. The summed E-state index contributed by atoms with van der Waals surface area (Å²) in [5.74, 6) is 1.12. The van der Waals surface area contributed by atoms with E-state index in [1.165, 1.54) is 5.56 Å². The molecule has 2 N–H and O–H groups in total. The van der Waals surface area contributed by atoms with E-state index in [0.717, 1.165) is 71.1 Å². The molecule has 1 fully saturated rings. The lowest BCUT2D eigenvalue weighted by atomic mass is 9.90. The normalized spacial score (nSPS) is 24.5. The van der Waals surface area contributed by atoms with Crippen LogP contribution in [0.1, 0.15) is 30.7 Å². The van der Waals surface area contributed by atoms with Crippen molar-refractivity contribution in [2.24, 2.45) is 0 Å². The van der Waals surface area contributed by atoms with Crippen LogP contribution in [-0.4, -0.2) is 90.1 Å². The SMILES string of the molecule is COCCN1CCN(c2ccc(C3C=CC(SN4CC=C(C(=O)NO)CC4)CC3)cn2)CC1. The van der Waals surface area contributed by atoms with Crippen molar-refractivity contribution in [2.75, 3.05) is 64.4 Å². The summed E-state index contributed by atoms with van der Waals surface area (Å²) in [7, 11) is 1.76. The van der Waals surface area contributed by atoms with Crippen LogP contribution < -0.4 is 10.4 Å². The molecular formula is C24H35N5O3S. The lowest BCUT2D eigenvalue weighted by Crippen LogP contribution is -2.47. The molecule has 0 spiro atoms. The second kappa shape index (κ2) is 12.0. The van der Waals surface area contributed by atoms with Crippen molar-refractivity contribution in [3.05, 3.63) is 47.7 Å². The van der Waals surface area contributed by atoms with Crippen LogP contribution in [0.2, 0.25) is 0 Å². The molecular weight excluding hydrogens is 438 g/mol. The van der Waals surface area contributed by atoms with E-state index in [2.05, 4.69) is 44.6 Å². The Balaban J connectivity index is 1.24. The number of hydroxylamine groups is 1. The maximum absolute atomic E-state index is 11.5. The molecule has 1 aromatic heterocycles. The highest BCUT2D eigenvalue weighted by Crippen LogP contribution is 2.34. The van der Waals surface area contributed by atoms with Crippen molar-refractivity contribution in [1.82, 2.24) is 19.7 Å². The van der Waals surface area contributed by atoms with Crippen LogP contribution in [0.15, 0.2) is 42.1 Å². The van der Waals surface area contributed by atoms with Crippen LogP contribution >= 0.6 is 11.9 Å². The molecule has 3 aliphatic rings. The lowest BCUT2D eigenvalue weighted by molar-refractivity contribution is -0.125. The Morgan fingerprint density at radius 3 is 2.67 bits per heavy atom. The van der Waals surface area contributed by atoms with Crippen molar-refractivity contribution in [1.29, 1.82) is 0 Å². The van der Waals surface area contributed by atoms with Crippen LogP contribution in [0, 0.1) is 0 Å². The van der Waals surface area contributed by atoms with Gasteiger partial charge in [0, 0.05) is 75.9 Å². The molecule has 180 valence electrons. The van der Waals surface area contributed by atoms with Crippen molar-refractivity contribution in [2.45, 2.75) is 30.4 Å². The van der Waals surface area contributed by atoms with Gasteiger partial charge in [-0.05, 0) is 30.9 Å². The Morgan fingerprint density at radius 1 is 1.21 bits per heavy atom. The first-order chi connectivity index (χ1) is 16.2. The van der Waals surface area contributed by atoms with E-state index in [-0.39, 0.29) is 5.91 Å². The number of pyridine rings is 1. The first kappa shape index (κ1) is 24.2. The summed E-state index contributed by atoms with van der Waals surface area (Å²) < 4.78 is 7.49. The summed E-state index contributed by atoms with van der Waals surface area (Å²) in [6, 6.07) is 4.42. The van der Waals surface area contributed by atoms with Gasteiger partial charge in [0.25, 0.3) is 5.91 Å². The molecule has 1 aliphatic carbocycles. The molecule has 0 radical (unpaired) electrons. The van der Waals surface area contributed by atoms with Gasteiger partial charge in [0.2, 0.25) is 0 Å². The summed E-state index contributed by atoms with van der Waals surface area (Å²) in [5, 5.41) is 9.23. The van der Waals surface area contributed by atoms with Crippen molar-refractivity contribution < 1.29 is 14.7 Å². The van der Waals surface area contributed by atoms with E-state index in [4.69, 9.17) is 14.9 Å². The summed E-state index contributed by atoms with van der Waals surface area (Å²) in [5.41, 5.74) is 3.68. The molecule has 9 heteroatoms. The summed E-state index contributed by atoms with van der Waals surface area (Å²) in [6.07, 6.45) is 11.5. The van der Waals surface area contributed by atoms with Gasteiger partial charge < -0.3 is 9.64 Å². The molecule has 0 aromatic carbocycles. The second-order valence-electron chi connectivity index (χ2n) is 8.79. The largest absolute Gasteiger partial charge is 0.383 e. The standard InChI is InChI=1S/C24H35N5O3S/c1-32-17-16-27-12-14-28(15-13-27)23-7-4-21(18-25-23)19-2-5-22(6-3-19)33-29-10-8-20(9-11-29)24(30)26-31/h2,4-5,7-8,18-19,22,31H,3,6,9-17H2,1H3,(H,26,30). The molecule has 1 saturated heterocycles. The number of aromatic nitrogens is 1. The van der Waals surface area contributed by atoms with E-state index >= 15 is 0 Å². The zero-order chi connectivity index (χ0) is 23.0. The quantitative estimate of drug-likeness (QED) is 0.258. The number of carbonyl (C=O) groups excluding carboxylic acids is 1. The third-order valence-corrected chi connectivity index (χ3v) is 7.97. The molecule has 33 heavy (non-hydrogen) atoms. The summed E-state index contributed by atoms with van der Waals surface area (Å²) >= 11 is 1.86. The highest BCUT2D eigenvalue weighted by molar-refractivity contribution is 7.97. The zero-order valence-corrected chi connectivity index (χ0v) is 20.2. The van der Waals surface area contributed by atoms with Gasteiger partial charge in [-0.15, -0.1) is 0 Å². The van der Waals surface area contributed by atoms with Crippen molar-refractivity contribution in [3.8, 4) is 0 Å². The van der Waals surface area contributed by atoms with Gasteiger partial charge in [0.1, 0.15) is 5.82 Å². The van der Waals surface area contributed by atoms with E-state index in [0.29, 0.717) is 23.2 Å². The fraction of sp³-hybridized carbons (Fsp3) is 0.583. The van der Waals surface area contributed by atoms with E-state index < -0.39 is 0 Å². The average molecular weight is 474 g/mol. The Labute approximate surface area is 200 Å². The number of hydrogen-bond donors (Lipinski definition) is 2. The lowest BCUT2D eigenvalue weighted by Gasteiger charge is -2.35. The number of nitrogens with zero attached hydrogens (tertiary/aromatic N) is 4. The predicted octanol–water partition coefficient (Wildman–Crippen LogP) is 2.44.